The summed E-state index contributed by atoms with van der Waals surface area (Å²) in [6.45, 7) is -1.47. The van der Waals surface area contributed by atoms with E-state index < -0.39 is 19.0 Å². The minimum Gasteiger partial charge on any atom is -0.471 e. The molecule has 2 N–H and O–H groups in total. The Balaban J connectivity index is 1.52. The SMILES string of the molecule is O=C(NC1CC2CCC(C1)N2)c1ccc(OCC(F)(F)C(F)F)nc1. The number of ether oxygens (including phenoxy) is 1. The Morgan fingerprint density at radius 3 is 2.56 bits per heavy atom. The van der Waals surface area contributed by atoms with Crippen molar-refractivity contribution < 1.29 is 27.1 Å². The van der Waals surface area contributed by atoms with Gasteiger partial charge in [0.2, 0.25) is 5.88 Å². The first-order valence-electron chi connectivity index (χ1n) is 8.15. The molecule has 2 fully saturated rings. The first-order chi connectivity index (χ1) is 11.8. The Bertz CT molecular complexity index is 600. The van der Waals surface area contributed by atoms with E-state index >= 15 is 0 Å². The fourth-order valence-electron chi connectivity index (χ4n) is 3.28. The molecule has 1 amide bonds. The summed E-state index contributed by atoms with van der Waals surface area (Å²) < 4.78 is 54.3. The number of aromatic nitrogens is 1. The molecular formula is C16H19F4N3O2. The number of rotatable bonds is 6. The topological polar surface area (TPSA) is 63.2 Å². The minimum atomic E-state index is -4.24. The molecular weight excluding hydrogens is 342 g/mol. The molecule has 5 nitrogen and oxygen atoms in total. The Morgan fingerprint density at radius 2 is 2.00 bits per heavy atom. The van der Waals surface area contributed by atoms with Crippen molar-refractivity contribution in [2.24, 2.45) is 0 Å². The largest absolute Gasteiger partial charge is 0.471 e. The zero-order valence-electron chi connectivity index (χ0n) is 13.4. The monoisotopic (exact) mass is 361 g/mol. The smallest absolute Gasteiger partial charge is 0.340 e. The lowest BCUT2D eigenvalue weighted by Crippen LogP contribution is -2.48. The van der Waals surface area contributed by atoms with Crippen LogP contribution < -0.4 is 15.4 Å². The van der Waals surface area contributed by atoms with Crippen LogP contribution in [0.1, 0.15) is 36.0 Å². The molecule has 3 rings (SSSR count). The lowest BCUT2D eigenvalue weighted by molar-refractivity contribution is -0.148. The summed E-state index contributed by atoms with van der Waals surface area (Å²) in [6.07, 6.45) is 1.36. The van der Waals surface area contributed by atoms with Crippen LogP contribution in [0.2, 0.25) is 0 Å². The minimum absolute atomic E-state index is 0.0897. The molecule has 2 bridgehead atoms. The van der Waals surface area contributed by atoms with Gasteiger partial charge in [-0.05, 0) is 31.7 Å². The second kappa shape index (κ2) is 7.15. The van der Waals surface area contributed by atoms with Crippen molar-refractivity contribution in [3.63, 3.8) is 0 Å². The standard InChI is InChI=1S/C16H19F4N3O2/c17-15(18)16(19,20)8-25-13-4-1-9(7-21-13)14(24)23-12-5-10-2-3-11(6-12)22-10/h1,4,7,10-12,15,22H,2-3,5-6,8H2,(H,23,24). The quantitative estimate of drug-likeness (QED) is 0.764. The number of hydrogen-bond donors (Lipinski definition) is 2. The molecule has 138 valence electrons. The molecule has 25 heavy (non-hydrogen) atoms. The second-order valence-corrected chi connectivity index (χ2v) is 6.52. The summed E-state index contributed by atoms with van der Waals surface area (Å²) in [5, 5.41) is 6.43. The number of carbonyl (C=O) groups excluding carboxylic acids is 1. The van der Waals surface area contributed by atoms with Crippen molar-refractivity contribution in [3.8, 4) is 5.88 Å². The third-order valence-corrected chi connectivity index (χ3v) is 4.54. The Morgan fingerprint density at radius 1 is 1.32 bits per heavy atom. The number of piperidine rings is 1. The molecule has 0 spiro atoms. The van der Waals surface area contributed by atoms with E-state index in [0.717, 1.165) is 25.7 Å². The average Bonchev–Trinajstić information content (AvgIpc) is 2.92. The molecule has 1 aromatic heterocycles. The molecule has 1 aromatic rings. The average molecular weight is 361 g/mol. The molecule has 0 saturated carbocycles. The first kappa shape index (κ1) is 17.9. The van der Waals surface area contributed by atoms with Crippen LogP contribution in [0.25, 0.3) is 0 Å². The van der Waals surface area contributed by atoms with Gasteiger partial charge in [0.25, 0.3) is 5.91 Å². The fraction of sp³-hybridized carbons (Fsp3) is 0.625. The summed E-state index contributed by atoms with van der Waals surface area (Å²) in [7, 11) is 0. The maximum absolute atomic E-state index is 12.8. The molecule has 3 heterocycles. The number of pyridine rings is 1. The number of fused-ring (bicyclic) bond motifs is 2. The van der Waals surface area contributed by atoms with E-state index in [0.29, 0.717) is 12.1 Å². The van der Waals surface area contributed by atoms with Crippen molar-refractivity contribution >= 4 is 5.91 Å². The highest BCUT2D eigenvalue weighted by Gasteiger charge is 2.41. The normalized spacial score (nSPS) is 25.9. The van der Waals surface area contributed by atoms with Crippen molar-refractivity contribution in [1.29, 1.82) is 0 Å². The Kier molecular flexibility index (Phi) is 5.12. The van der Waals surface area contributed by atoms with Gasteiger partial charge < -0.3 is 15.4 Å². The molecule has 0 aromatic carbocycles. The highest BCUT2D eigenvalue weighted by atomic mass is 19.3. The molecule has 2 saturated heterocycles. The molecule has 2 aliphatic rings. The number of amides is 1. The molecule has 2 atom stereocenters. The highest BCUT2D eigenvalue weighted by Crippen LogP contribution is 2.27. The highest BCUT2D eigenvalue weighted by molar-refractivity contribution is 5.94. The molecule has 9 heteroatoms. The zero-order valence-corrected chi connectivity index (χ0v) is 13.4. The van der Waals surface area contributed by atoms with E-state index in [9.17, 15) is 22.4 Å². The van der Waals surface area contributed by atoms with E-state index in [1.165, 1.54) is 18.3 Å². The van der Waals surface area contributed by atoms with Crippen LogP contribution in [0.3, 0.4) is 0 Å². The van der Waals surface area contributed by atoms with E-state index in [2.05, 4.69) is 20.4 Å². The van der Waals surface area contributed by atoms with Crippen LogP contribution >= 0.6 is 0 Å². The van der Waals surface area contributed by atoms with Gasteiger partial charge in [0, 0.05) is 30.4 Å². The van der Waals surface area contributed by atoms with Gasteiger partial charge in [-0.25, -0.2) is 13.8 Å². The van der Waals surface area contributed by atoms with Gasteiger partial charge in [0.1, 0.15) is 0 Å². The van der Waals surface area contributed by atoms with Gasteiger partial charge in [-0.3, -0.25) is 4.79 Å². The van der Waals surface area contributed by atoms with Crippen LogP contribution in [0.4, 0.5) is 17.6 Å². The van der Waals surface area contributed by atoms with E-state index in [4.69, 9.17) is 0 Å². The summed E-state index contributed by atoms with van der Waals surface area (Å²) in [4.78, 5) is 16.0. The number of alkyl halides is 4. The van der Waals surface area contributed by atoms with Crippen LogP contribution in [-0.4, -0.2) is 48.0 Å². The number of nitrogens with one attached hydrogen (secondary N) is 2. The Labute approximate surface area is 142 Å². The maximum atomic E-state index is 12.8. The van der Waals surface area contributed by atoms with Gasteiger partial charge in [-0.2, -0.15) is 8.78 Å². The van der Waals surface area contributed by atoms with E-state index in [1.807, 2.05) is 0 Å². The van der Waals surface area contributed by atoms with Gasteiger partial charge in [-0.1, -0.05) is 0 Å². The predicted molar refractivity (Wildman–Crippen MR) is 81.1 cm³/mol. The predicted octanol–water partition coefficient (Wildman–Crippen LogP) is 2.37. The van der Waals surface area contributed by atoms with E-state index in [-0.39, 0.29) is 23.4 Å². The number of nitrogens with zero attached hydrogens (tertiary/aromatic N) is 1. The number of halogens is 4. The van der Waals surface area contributed by atoms with Crippen molar-refractivity contribution in [3.05, 3.63) is 23.9 Å². The van der Waals surface area contributed by atoms with Crippen LogP contribution in [0.5, 0.6) is 5.88 Å². The fourth-order valence-corrected chi connectivity index (χ4v) is 3.28. The van der Waals surface area contributed by atoms with Gasteiger partial charge >= 0.3 is 12.3 Å². The van der Waals surface area contributed by atoms with Gasteiger partial charge in [0.05, 0.1) is 5.56 Å². The van der Waals surface area contributed by atoms with Crippen LogP contribution in [0, 0.1) is 0 Å². The third-order valence-electron chi connectivity index (χ3n) is 4.54. The van der Waals surface area contributed by atoms with Gasteiger partial charge in [0.15, 0.2) is 6.61 Å². The number of hydrogen-bond acceptors (Lipinski definition) is 4. The second-order valence-electron chi connectivity index (χ2n) is 6.52. The summed E-state index contributed by atoms with van der Waals surface area (Å²) in [5.74, 6) is -4.79. The summed E-state index contributed by atoms with van der Waals surface area (Å²) >= 11 is 0. The third kappa shape index (κ3) is 4.39. The lowest BCUT2D eigenvalue weighted by atomic mass is 9.99. The summed E-state index contributed by atoms with van der Waals surface area (Å²) in [5.41, 5.74) is 0.263. The van der Waals surface area contributed by atoms with Gasteiger partial charge in [-0.15, -0.1) is 0 Å². The molecule has 2 unspecified atom stereocenters. The van der Waals surface area contributed by atoms with Crippen LogP contribution in [0.15, 0.2) is 18.3 Å². The molecule has 2 aliphatic heterocycles. The lowest BCUT2D eigenvalue weighted by Gasteiger charge is -2.29. The Hall–Kier alpha value is -1.90. The first-order valence-corrected chi connectivity index (χ1v) is 8.15. The molecule has 0 aliphatic carbocycles. The maximum Gasteiger partial charge on any atom is 0.340 e. The van der Waals surface area contributed by atoms with Crippen molar-refractivity contribution in [1.82, 2.24) is 15.6 Å². The summed E-state index contributed by atoms with van der Waals surface area (Å²) in [6, 6.07) is 3.55. The molecule has 0 radical (unpaired) electrons. The zero-order chi connectivity index (χ0) is 18.0. The van der Waals surface area contributed by atoms with Crippen molar-refractivity contribution in [2.45, 2.75) is 56.2 Å². The van der Waals surface area contributed by atoms with E-state index in [1.54, 1.807) is 0 Å². The van der Waals surface area contributed by atoms with Crippen LogP contribution in [-0.2, 0) is 0 Å². The van der Waals surface area contributed by atoms with Crippen molar-refractivity contribution in [2.75, 3.05) is 6.61 Å². The number of carbonyl (C=O) groups is 1.